The summed E-state index contributed by atoms with van der Waals surface area (Å²) in [6.45, 7) is 0.138. The van der Waals surface area contributed by atoms with Crippen molar-refractivity contribution in [3.05, 3.63) is 18.2 Å². The van der Waals surface area contributed by atoms with Crippen molar-refractivity contribution in [1.29, 1.82) is 0 Å². The number of sulfonamides is 1. The molecule has 0 aliphatic carbocycles. The monoisotopic (exact) mass is 438 g/mol. The van der Waals surface area contributed by atoms with Gasteiger partial charge in [0.05, 0.1) is 14.2 Å². The van der Waals surface area contributed by atoms with Gasteiger partial charge in [0, 0.05) is 38.4 Å². The molecule has 1 heterocycles. The molecular formula is C17H25F3N4O4S. The molecule has 0 unspecified atom stereocenters. The number of nitrogens with one attached hydrogen (secondary N) is 2. The van der Waals surface area contributed by atoms with Crippen LogP contribution in [-0.2, 0) is 10.0 Å². The van der Waals surface area contributed by atoms with Crippen LogP contribution in [0, 0.1) is 5.92 Å². The lowest BCUT2D eigenvalue weighted by atomic mass is 9.98. The number of guanidine groups is 1. The zero-order valence-electron chi connectivity index (χ0n) is 16.4. The fourth-order valence-corrected chi connectivity index (χ4v) is 3.96. The molecule has 0 radical (unpaired) electrons. The van der Waals surface area contributed by atoms with Crippen LogP contribution in [0.2, 0.25) is 0 Å². The predicted molar refractivity (Wildman–Crippen MR) is 104 cm³/mol. The van der Waals surface area contributed by atoms with Crippen LogP contribution >= 0.6 is 0 Å². The lowest BCUT2D eigenvalue weighted by Gasteiger charge is -2.31. The Labute approximate surface area is 168 Å². The maximum absolute atomic E-state index is 12.6. The van der Waals surface area contributed by atoms with Gasteiger partial charge >= 0.3 is 15.5 Å². The zero-order chi connectivity index (χ0) is 21.7. The molecule has 1 aromatic rings. The summed E-state index contributed by atoms with van der Waals surface area (Å²) in [7, 11) is -0.599. The molecule has 1 aromatic carbocycles. The van der Waals surface area contributed by atoms with Gasteiger partial charge in [0.2, 0.25) is 0 Å². The molecule has 1 aliphatic rings. The number of anilines is 1. The fourth-order valence-electron chi connectivity index (χ4n) is 2.97. The highest BCUT2D eigenvalue weighted by Gasteiger charge is 2.50. The van der Waals surface area contributed by atoms with E-state index >= 15 is 0 Å². The number of rotatable bonds is 6. The number of hydrogen-bond donors (Lipinski definition) is 2. The van der Waals surface area contributed by atoms with Gasteiger partial charge in [0.1, 0.15) is 0 Å². The van der Waals surface area contributed by atoms with Gasteiger partial charge in [-0.25, -0.2) is 8.42 Å². The fraction of sp³-hybridized carbons (Fsp3) is 0.588. The summed E-state index contributed by atoms with van der Waals surface area (Å²) in [5.41, 5.74) is -4.55. The summed E-state index contributed by atoms with van der Waals surface area (Å²) in [6.07, 6.45) is 0.658. The van der Waals surface area contributed by atoms with E-state index in [0.717, 1.165) is 0 Å². The standard InChI is InChI=1S/C17H25F3N4O4S/c1-21-16(23-13-4-5-14(27-2)15(10-13)28-3)22-11-12-6-8-24(9-7-12)29(25,26)17(18,19)20/h4-5,10,12H,6-9,11H2,1-3H3,(H2,21,22,23). The average Bonchev–Trinajstić information content (AvgIpc) is 2.70. The number of halogens is 3. The van der Waals surface area contributed by atoms with Crippen LogP contribution in [0.1, 0.15) is 12.8 Å². The Morgan fingerprint density at radius 1 is 1.21 bits per heavy atom. The number of alkyl halides is 3. The summed E-state index contributed by atoms with van der Waals surface area (Å²) in [5.74, 6) is 1.63. The van der Waals surface area contributed by atoms with E-state index in [1.165, 1.54) is 14.2 Å². The van der Waals surface area contributed by atoms with Crippen molar-refractivity contribution < 1.29 is 31.1 Å². The molecule has 164 valence electrons. The number of ether oxygens (including phenoxy) is 2. The Kier molecular flexibility index (Phi) is 7.58. The number of piperidine rings is 1. The number of hydrogen-bond acceptors (Lipinski definition) is 5. The van der Waals surface area contributed by atoms with Crippen LogP contribution in [0.4, 0.5) is 18.9 Å². The topological polar surface area (TPSA) is 92.3 Å². The van der Waals surface area contributed by atoms with Crippen molar-refractivity contribution in [3.63, 3.8) is 0 Å². The molecule has 2 N–H and O–H groups in total. The van der Waals surface area contributed by atoms with Gasteiger partial charge in [-0.3, -0.25) is 4.99 Å². The minimum atomic E-state index is -5.26. The predicted octanol–water partition coefficient (Wildman–Crippen LogP) is 2.25. The molecule has 8 nitrogen and oxygen atoms in total. The molecule has 2 rings (SSSR count). The molecule has 0 amide bonds. The molecular weight excluding hydrogens is 413 g/mol. The van der Waals surface area contributed by atoms with Gasteiger partial charge in [-0.1, -0.05) is 0 Å². The van der Waals surface area contributed by atoms with Crippen molar-refractivity contribution in [2.45, 2.75) is 18.3 Å². The third-order valence-corrected chi connectivity index (χ3v) is 6.26. The molecule has 1 fully saturated rings. The molecule has 0 saturated carbocycles. The van der Waals surface area contributed by atoms with Crippen molar-refractivity contribution >= 4 is 21.7 Å². The van der Waals surface area contributed by atoms with E-state index in [1.54, 1.807) is 25.2 Å². The molecule has 1 aliphatic heterocycles. The van der Waals surface area contributed by atoms with E-state index in [2.05, 4.69) is 15.6 Å². The largest absolute Gasteiger partial charge is 0.511 e. The highest BCUT2D eigenvalue weighted by Crippen LogP contribution is 2.31. The first-order chi connectivity index (χ1) is 13.6. The Morgan fingerprint density at radius 3 is 2.34 bits per heavy atom. The molecule has 29 heavy (non-hydrogen) atoms. The van der Waals surface area contributed by atoms with Gasteiger partial charge < -0.3 is 20.1 Å². The van der Waals surface area contributed by atoms with Crippen LogP contribution in [-0.4, -0.2) is 65.1 Å². The van der Waals surface area contributed by atoms with Crippen LogP contribution in [0.5, 0.6) is 11.5 Å². The smallest absolute Gasteiger partial charge is 0.493 e. The average molecular weight is 438 g/mol. The molecule has 12 heteroatoms. The molecule has 0 bridgehead atoms. The SMILES string of the molecule is CN=C(NCC1CCN(S(=O)(=O)C(F)(F)F)CC1)Nc1ccc(OC)c(OC)c1. The third-order valence-electron chi connectivity index (χ3n) is 4.63. The lowest BCUT2D eigenvalue weighted by Crippen LogP contribution is -2.46. The summed E-state index contributed by atoms with van der Waals surface area (Å²) in [6, 6.07) is 5.27. The van der Waals surface area contributed by atoms with Crippen molar-refractivity contribution in [2.24, 2.45) is 10.9 Å². The zero-order valence-corrected chi connectivity index (χ0v) is 17.2. The second kappa shape index (κ2) is 9.53. The first-order valence-corrected chi connectivity index (χ1v) is 10.3. The van der Waals surface area contributed by atoms with Crippen LogP contribution < -0.4 is 20.1 Å². The van der Waals surface area contributed by atoms with E-state index in [9.17, 15) is 21.6 Å². The molecule has 1 saturated heterocycles. The second-order valence-corrected chi connectivity index (χ2v) is 8.37. The molecule has 0 atom stereocenters. The van der Waals surface area contributed by atoms with E-state index in [-0.39, 0.29) is 19.0 Å². The second-order valence-electron chi connectivity index (χ2n) is 6.44. The van der Waals surface area contributed by atoms with Gasteiger partial charge in [-0.05, 0) is 30.9 Å². The van der Waals surface area contributed by atoms with Gasteiger partial charge in [0.25, 0.3) is 0 Å². The van der Waals surface area contributed by atoms with Crippen LogP contribution in [0.25, 0.3) is 0 Å². The Bertz CT molecular complexity index is 822. The Morgan fingerprint density at radius 2 is 1.83 bits per heavy atom. The Balaban J connectivity index is 1.88. The minimum absolute atomic E-state index is 0.0265. The highest BCUT2D eigenvalue weighted by molar-refractivity contribution is 7.90. The highest BCUT2D eigenvalue weighted by atomic mass is 32.2. The minimum Gasteiger partial charge on any atom is -0.493 e. The van der Waals surface area contributed by atoms with E-state index in [4.69, 9.17) is 9.47 Å². The lowest BCUT2D eigenvalue weighted by molar-refractivity contribution is -0.0496. The van der Waals surface area contributed by atoms with Crippen LogP contribution in [0.15, 0.2) is 23.2 Å². The number of benzene rings is 1. The van der Waals surface area contributed by atoms with Gasteiger partial charge in [0.15, 0.2) is 17.5 Å². The van der Waals surface area contributed by atoms with Gasteiger partial charge in [-0.15, -0.1) is 0 Å². The summed E-state index contributed by atoms with van der Waals surface area (Å²) >= 11 is 0. The van der Waals surface area contributed by atoms with E-state index < -0.39 is 15.5 Å². The van der Waals surface area contributed by atoms with Crippen molar-refractivity contribution in [1.82, 2.24) is 9.62 Å². The quantitative estimate of drug-likeness (QED) is 0.523. The maximum Gasteiger partial charge on any atom is 0.511 e. The third kappa shape index (κ3) is 5.66. The molecule has 0 spiro atoms. The number of methoxy groups -OCH3 is 2. The Hall–Kier alpha value is -2.21. The summed E-state index contributed by atoms with van der Waals surface area (Å²) in [5, 5.41) is 6.21. The summed E-state index contributed by atoms with van der Waals surface area (Å²) < 4.78 is 71.8. The van der Waals surface area contributed by atoms with Gasteiger partial charge in [-0.2, -0.15) is 17.5 Å². The van der Waals surface area contributed by atoms with Crippen LogP contribution in [0.3, 0.4) is 0 Å². The summed E-state index contributed by atoms with van der Waals surface area (Å²) in [4.78, 5) is 4.12. The van der Waals surface area contributed by atoms with Crippen molar-refractivity contribution in [3.8, 4) is 11.5 Å². The number of aliphatic imine (C=N–C) groups is 1. The van der Waals surface area contributed by atoms with Crippen molar-refractivity contribution in [2.75, 3.05) is 46.2 Å². The first-order valence-electron chi connectivity index (χ1n) is 8.88. The first kappa shape index (κ1) is 23.1. The maximum atomic E-state index is 12.6. The normalized spacial score (nSPS) is 17.1. The number of nitrogens with zero attached hydrogens (tertiary/aromatic N) is 2. The van der Waals surface area contributed by atoms with E-state index in [0.29, 0.717) is 46.8 Å². The molecule has 0 aromatic heterocycles. The van der Waals surface area contributed by atoms with E-state index in [1.807, 2.05) is 0 Å².